The Bertz CT molecular complexity index is 1020. The summed E-state index contributed by atoms with van der Waals surface area (Å²) in [7, 11) is -4.41. The van der Waals surface area contributed by atoms with Gasteiger partial charge in [-0.25, -0.2) is 0 Å². The summed E-state index contributed by atoms with van der Waals surface area (Å²) in [4.78, 5) is 28.4. The first-order chi connectivity index (χ1) is 12.7. The molecule has 0 fully saturated rings. The van der Waals surface area contributed by atoms with Crippen LogP contribution in [0.25, 0.3) is 11.3 Å². The first-order valence-electron chi connectivity index (χ1n) is 7.48. The molecule has 0 spiro atoms. The lowest BCUT2D eigenvalue weighted by molar-refractivity contribution is 0.291. The molecule has 1 heterocycles. The van der Waals surface area contributed by atoms with E-state index in [1.165, 1.54) is 36.4 Å². The van der Waals surface area contributed by atoms with Gasteiger partial charge in [-0.15, -0.1) is 4.91 Å². The summed E-state index contributed by atoms with van der Waals surface area (Å²) in [5.74, 6) is -0.592. The Morgan fingerprint density at radius 3 is 2.52 bits per heavy atom. The monoisotopic (exact) mass is 391 g/mol. The molecule has 0 radical (unpaired) electrons. The van der Waals surface area contributed by atoms with E-state index < -0.39 is 19.7 Å². The van der Waals surface area contributed by atoms with Crippen LogP contribution in [0.15, 0.2) is 53.9 Å². The first kappa shape index (κ1) is 18.7. The van der Waals surface area contributed by atoms with Gasteiger partial charge in [0.05, 0.1) is 0 Å². The number of aliphatic hydroxyl groups is 1. The minimum Gasteiger partial charge on any atom is -0.504 e. The Hall–Kier alpha value is -3.13. The number of allylic oxidation sites excluding steroid dienone is 1. The molecular weight excluding hydrogens is 377 g/mol. The van der Waals surface area contributed by atoms with Gasteiger partial charge in [0.2, 0.25) is 0 Å². The van der Waals surface area contributed by atoms with Crippen LogP contribution in [0.3, 0.4) is 0 Å². The second-order valence-electron chi connectivity index (χ2n) is 5.65. The SMILES string of the molecule is C=C1C(O)=C(c2ccc(OCP(=O)(O)O)c(O)c2)Oc2cc(N=O)ccc21. The number of aromatic hydroxyl groups is 1. The molecule has 140 valence electrons. The number of nitrogens with zero attached hydrogens (tertiary/aromatic N) is 1. The fourth-order valence-electron chi connectivity index (χ4n) is 2.45. The Labute approximate surface area is 152 Å². The number of phenols is 1. The fraction of sp³-hybridized carbons (Fsp3) is 0.0588. The van der Waals surface area contributed by atoms with Crippen molar-refractivity contribution in [2.45, 2.75) is 0 Å². The number of fused-ring (bicyclic) bond motifs is 1. The van der Waals surface area contributed by atoms with Gasteiger partial charge in [0.25, 0.3) is 0 Å². The van der Waals surface area contributed by atoms with Crippen molar-refractivity contribution in [3.8, 4) is 17.2 Å². The highest BCUT2D eigenvalue weighted by atomic mass is 31.2. The minimum atomic E-state index is -4.41. The molecule has 0 unspecified atom stereocenters. The molecule has 0 aliphatic carbocycles. The largest absolute Gasteiger partial charge is 0.504 e. The van der Waals surface area contributed by atoms with E-state index >= 15 is 0 Å². The second-order valence-corrected chi connectivity index (χ2v) is 7.24. The second kappa shape index (κ2) is 6.88. The average molecular weight is 391 g/mol. The van der Waals surface area contributed by atoms with Gasteiger partial charge in [-0.1, -0.05) is 6.58 Å². The number of benzene rings is 2. The lowest BCUT2D eigenvalue weighted by Crippen LogP contribution is -2.08. The van der Waals surface area contributed by atoms with Crippen LogP contribution in [0, 0.1) is 4.91 Å². The fourth-order valence-corrected chi connectivity index (χ4v) is 2.76. The molecule has 0 saturated carbocycles. The number of aliphatic hydroxyl groups excluding tert-OH is 1. The van der Waals surface area contributed by atoms with Crippen LogP contribution in [0.2, 0.25) is 0 Å². The van der Waals surface area contributed by atoms with Gasteiger partial charge in [0.1, 0.15) is 11.4 Å². The summed E-state index contributed by atoms with van der Waals surface area (Å²) < 4.78 is 21.4. The van der Waals surface area contributed by atoms with E-state index in [1.54, 1.807) is 0 Å². The van der Waals surface area contributed by atoms with Gasteiger partial charge in [0.15, 0.2) is 29.4 Å². The van der Waals surface area contributed by atoms with Crippen molar-refractivity contribution >= 4 is 24.6 Å². The minimum absolute atomic E-state index is 0.0209. The summed E-state index contributed by atoms with van der Waals surface area (Å²) in [6.45, 7) is 3.79. The number of nitroso groups, excluding NO2 is 1. The lowest BCUT2D eigenvalue weighted by atomic mass is 9.98. The van der Waals surface area contributed by atoms with Crippen molar-refractivity contribution in [2.24, 2.45) is 5.18 Å². The summed E-state index contributed by atoms with van der Waals surface area (Å²) in [5.41, 5.74) is 1.12. The van der Waals surface area contributed by atoms with Gasteiger partial charge in [-0.3, -0.25) is 4.57 Å². The van der Waals surface area contributed by atoms with Gasteiger partial charge >= 0.3 is 7.60 Å². The van der Waals surface area contributed by atoms with Crippen LogP contribution < -0.4 is 9.47 Å². The number of phenolic OH excluding ortho intramolecular Hbond substituents is 1. The smallest absolute Gasteiger partial charge is 0.362 e. The van der Waals surface area contributed by atoms with Crippen molar-refractivity contribution < 1.29 is 34.0 Å². The molecule has 2 aromatic rings. The Morgan fingerprint density at radius 1 is 1.15 bits per heavy atom. The van der Waals surface area contributed by atoms with Gasteiger partial charge < -0.3 is 29.5 Å². The van der Waals surface area contributed by atoms with E-state index in [1.807, 2.05) is 0 Å². The molecule has 4 N–H and O–H groups in total. The zero-order valence-corrected chi connectivity index (χ0v) is 14.6. The van der Waals surface area contributed by atoms with E-state index in [0.29, 0.717) is 5.56 Å². The highest BCUT2D eigenvalue weighted by molar-refractivity contribution is 7.51. The third kappa shape index (κ3) is 3.85. The van der Waals surface area contributed by atoms with Crippen molar-refractivity contribution in [1.29, 1.82) is 0 Å². The highest BCUT2D eigenvalue weighted by Gasteiger charge is 2.25. The van der Waals surface area contributed by atoms with Crippen LogP contribution in [-0.4, -0.2) is 26.3 Å². The Balaban J connectivity index is 1.94. The Kier molecular flexibility index (Phi) is 4.75. The van der Waals surface area contributed by atoms with Crippen molar-refractivity contribution in [3.05, 3.63) is 64.8 Å². The molecule has 27 heavy (non-hydrogen) atoms. The van der Waals surface area contributed by atoms with Gasteiger partial charge in [-0.05, 0) is 35.5 Å². The van der Waals surface area contributed by atoms with Crippen LogP contribution in [0.5, 0.6) is 17.2 Å². The number of rotatable bonds is 5. The van der Waals surface area contributed by atoms with Crippen LogP contribution in [0.4, 0.5) is 5.69 Å². The van der Waals surface area contributed by atoms with Crippen LogP contribution in [0.1, 0.15) is 11.1 Å². The van der Waals surface area contributed by atoms with Gasteiger partial charge in [0, 0.05) is 22.8 Å². The lowest BCUT2D eigenvalue weighted by Gasteiger charge is -2.22. The van der Waals surface area contributed by atoms with Crippen LogP contribution in [-0.2, 0) is 4.57 Å². The molecule has 10 heteroatoms. The maximum atomic E-state index is 10.9. The van der Waals surface area contributed by atoms with E-state index in [9.17, 15) is 19.7 Å². The summed E-state index contributed by atoms with van der Waals surface area (Å²) in [6.07, 6.45) is -0.893. The third-order valence-electron chi connectivity index (χ3n) is 3.72. The Morgan fingerprint density at radius 2 is 1.89 bits per heavy atom. The number of ether oxygens (including phenoxy) is 2. The molecule has 0 atom stereocenters. The topological polar surface area (TPSA) is 146 Å². The normalized spacial score (nSPS) is 13.8. The van der Waals surface area contributed by atoms with E-state index in [4.69, 9.17) is 19.3 Å². The van der Waals surface area contributed by atoms with Crippen molar-refractivity contribution in [1.82, 2.24) is 0 Å². The average Bonchev–Trinajstić information content (AvgIpc) is 2.62. The molecule has 0 aromatic heterocycles. The van der Waals surface area contributed by atoms with E-state index in [2.05, 4.69) is 11.8 Å². The van der Waals surface area contributed by atoms with E-state index in [0.717, 1.165) is 0 Å². The summed E-state index contributed by atoms with van der Waals surface area (Å²) in [5, 5.41) is 23.2. The van der Waals surface area contributed by atoms with Gasteiger partial charge in [-0.2, -0.15) is 0 Å². The zero-order valence-electron chi connectivity index (χ0n) is 13.7. The van der Waals surface area contributed by atoms with Crippen LogP contribution >= 0.6 is 7.60 Å². The van der Waals surface area contributed by atoms with Crippen molar-refractivity contribution in [2.75, 3.05) is 6.35 Å². The molecule has 1 aliphatic rings. The third-order valence-corrected chi connectivity index (χ3v) is 4.18. The quantitative estimate of drug-likeness (QED) is 0.446. The molecule has 1 aliphatic heterocycles. The molecule has 9 nitrogen and oxygen atoms in total. The van der Waals surface area contributed by atoms with Crippen molar-refractivity contribution in [3.63, 3.8) is 0 Å². The molecule has 0 saturated heterocycles. The maximum Gasteiger partial charge on any atom is 0.362 e. The predicted molar refractivity (Wildman–Crippen MR) is 96.8 cm³/mol. The molecular formula is C17H14NO8P. The molecule has 2 aromatic carbocycles. The first-order valence-corrected chi connectivity index (χ1v) is 9.28. The highest BCUT2D eigenvalue weighted by Crippen LogP contribution is 2.43. The zero-order chi connectivity index (χ0) is 19.8. The number of hydrogen-bond acceptors (Lipinski definition) is 7. The van der Waals surface area contributed by atoms with E-state index in [-0.39, 0.29) is 39.8 Å². The molecule has 3 rings (SSSR count). The summed E-state index contributed by atoms with van der Waals surface area (Å²) >= 11 is 0. The molecule has 0 bridgehead atoms. The maximum absolute atomic E-state index is 10.9. The number of hydrogen-bond donors (Lipinski definition) is 4. The molecule has 0 amide bonds. The predicted octanol–water partition coefficient (Wildman–Crippen LogP) is 3.64. The standard InChI is InChI=1S/C17H14NO8P/c1-9-12-4-3-11(18-21)7-15(12)26-17(16(9)20)10-2-5-14(13(19)6-10)25-8-27(22,23)24/h2-7,19-20H,1,8H2,(H2,22,23,24). The summed E-state index contributed by atoms with van der Waals surface area (Å²) in [6, 6.07) is 8.26.